The highest BCUT2D eigenvalue weighted by atomic mass is 16.3. The highest BCUT2D eigenvalue weighted by Crippen LogP contribution is 2.21. The smallest absolute Gasteiger partial charge is 0.101 e. The molecule has 0 amide bonds. The van der Waals surface area contributed by atoms with E-state index in [9.17, 15) is 5.11 Å². The van der Waals surface area contributed by atoms with Crippen LogP contribution in [0.2, 0.25) is 0 Å². The molecule has 0 saturated heterocycles. The molecule has 0 aliphatic heterocycles. The molecule has 2 nitrogen and oxygen atoms in total. The van der Waals surface area contributed by atoms with Crippen molar-refractivity contribution < 1.29 is 9.52 Å². The molecule has 0 aliphatic rings. The standard InChI is InChI=1S/C13H22O2/c1-3-4-5-6-7-8-13(14)12-9-11(2)15-10-12/h9-10,13-14H,3-8H2,1-2H3. The fourth-order valence-electron chi connectivity index (χ4n) is 1.75. The van der Waals surface area contributed by atoms with Crippen LogP contribution in [0.5, 0.6) is 0 Å². The van der Waals surface area contributed by atoms with Crippen molar-refractivity contribution in [2.24, 2.45) is 0 Å². The molecular weight excluding hydrogens is 188 g/mol. The lowest BCUT2D eigenvalue weighted by atomic mass is 10.0. The van der Waals surface area contributed by atoms with Gasteiger partial charge in [0.1, 0.15) is 5.76 Å². The minimum Gasteiger partial charge on any atom is -0.469 e. The zero-order chi connectivity index (χ0) is 11.1. The van der Waals surface area contributed by atoms with E-state index in [4.69, 9.17) is 4.42 Å². The van der Waals surface area contributed by atoms with Gasteiger partial charge < -0.3 is 9.52 Å². The normalized spacial score (nSPS) is 13.0. The number of aliphatic hydroxyl groups is 1. The van der Waals surface area contributed by atoms with Gasteiger partial charge in [0, 0.05) is 5.56 Å². The van der Waals surface area contributed by atoms with Gasteiger partial charge in [-0.05, 0) is 19.4 Å². The highest BCUT2D eigenvalue weighted by Gasteiger charge is 2.09. The zero-order valence-corrected chi connectivity index (χ0v) is 9.83. The number of hydrogen-bond acceptors (Lipinski definition) is 2. The van der Waals surface area contributed by atoms with Crippen LogP contribution in [-0.2, 0) is 0 Å². The van der Waals surface area contributed by atoms with Gasteiger partial charge in [-0.1, -0.05) is 39.0 Å². The molecule has 1 heterocycles. The molecule has 0 bridgehead atoms. The first-order valence-corrected chi connectivity index (χ1v) is 5.97. The first kappa shape index (κ1) is 12.3. The van der Waals surface area contributed by atoms with Gasteiger partial charge in [0.2, 0.25) is 0 Å². The van der Waals surface area contributed by atoms with Crippen molar-refractivity contribution in [2.45, 2.75) is 58.5 Å². The molecule has 86 valence electrons. The van der Waals surface area contributed by atoms with Crippen LogP contribution in [0.15, 0.2) is 16.7 Å². The van der Waals surface area contributed by atoms with Gasteiger partial charge in [-0.15, -0.1) is 0 Å². The molecule has 1 aromatic heterocycles. The molecule has 1 N–H and O–H groups in total. The average Bonchev–Trinajstić information content (AvgIpc) is 2.64. The van der Waals surface area contributed by atoms with Crippen LogP contribution in [0.4, 0.5) is 0 Å². The summed E-state index contributed by atoms with van der Waals surface area (Å²) >= 11 is 0. The Morgan fingerprint density at radius 3 is 2.60 bits per heavy atom. The molecule has 0 fully saturated rings. The largest absolute Gasteiger partial charge is 0.469 e. The van der Waals surface area contributed by atoms with E-state index >= 15 is 0 Å². The quantitative estimate of drug-likeness (QED) is 0.690. The average molecular weight is 210 g/mol. The lowest BCUT2D eigenvalue weighted by Crippen LogP contribution is -1.95. The zero-order valence-electron chi connectivity index (χ0n) is 9.83. The van der Waals surface area contributed by atoms with Gasteiger partial charge >= 0.3 is 0 Å². The molecule has 0 spiro atoms. The Labute approximate surface area is 92.3 Å². The first-order chi connectivity index (χ1) is 7.24. The summed E-state index contributed by atoms with van der Waals surface area (Å²) in [7, 11) is 0. The Bertz CT molecular complexity index is 265. The maximum atomic E-state index is 9.83. The van der Waals surface area contributed by atoms with Crippen molar-refractivity contribution in [2.75, 3.05) is 0 Å². The van der Waals surface area contributed by atoms with E-state index in [0.29, 0.717) is 0 Å². The second-order valence-electron chi connectivity index (χ2n) is 4.21. The first-order valence-electron chi connectivity index (χ1n) is 5.97. The number of furan rings is 1. The van der Waals surface area contributed by atoms with E-state index in [1.807, 2.05) is 13.0 Å². The summed E-state index contributed by atoms with van der Waals surface area (Å²) in [6.45, 7) is 4.11. The van der Waals surface area contributed by atoms with Gasteiger partial charge in [0.15, 0.2) is 0 Å². The minimum absolute atomic E-state index is 0.343. The number of aryl methyl sites for hydroxylation is 1. The van der Waals surface area contributed by atoms with E-state index < -0.39 is 0 Å². The number of rotatable bonds is 7. The van der Waals surface area contributed by atoms with Crippen molar-refractivity contribution in [3.8, 4) is 0 Å². The van der Waals surface area contributed by atoms with E-state index in [1.165, 1.54) is 25.7 Å². The molecular formula is C13H22O2. The lowest BCUT2D eigenvalue weighted by molar-refractivity contribution is 0.162. The molecule has 15 heavy (non-hydrogen) atoms. The summed E-state index contributed by atoms with van der Waals surface area (Å²) < 4.78 is 5.17. The molecule has 1 aromatic rings. The SMILES string of the molecule is CCCCCCCC(O)c1coc(C)c1. The predicted octanol–water partition coefficient (Wildman–Crippen LogP) is 3.98. The Morgan fingerprint density at radius 2 is 2.00 bits per heavy atom. The van der Waals surface area contributed by atoms with Crippen molar-refractivity contribution in [3.63, 3.8) is 0 Å². The van der Waals surface area contributed by atoms with E-state index in [1.54, 1.807) is 6.26 Å². The second-order valence-corrected chi connectivity index (χ2v) is 4.21. The van der Waals surface area contributed by atoms with Crippen LogP contribution in [-0.4, -0.2) is 5.11 Å². The van der Waals surface area contributed by atoms with Crippen LogP contribution >= 0.6 is 0 Å². The van der Waals surface area contributed by atoms with Crippen LogP contribution < -0.4 is 0 Å². The molecule has 2 heteroatoms. The van der Waals surface area contributed by atoms with Gasteiger partial charge in [-0.3, -0.25) is 0 Å². The maximum absolute atomic E-state index is 9.83. The number of aliphatic hydroxyl groups excluding tert-OH is 1. The van der Waals surface area contributed by atoms with Gasteiger partial charge in [-0.2, -0.15) is 0 Å². The fraction of sp³-hybridized carbons (Fsp3) is 0.692. The Balaban J connectivity index is 2.16. The molecule has 0 aliphatic carbocycles. The fourth-order valence-corrected chi connectivity index (χ4v) is 1.75. The monoisotopic (exact) mass is 210 g/mol. The summed E-state index contributed by atoms with van der Waals surface area (Å²) in [4.78, 5) is 0. The number of hydrogen-bond donors (Lipinski definition) is 1. The van der Waals surface area contributed by atoms with E-state index in [-0.39, 0.29) is 6.10 Å². The molecule has 0 aromatic carbocycles. The lowest BCUT2D eigenvalue weighted by Gasteiger charge is -2.07. The molecule has 0 radical (unpaired) electrons. The molecule has 1 rings (SSSR count). The van der Waals surface area contributed by atoms with Gasteiger partial charge in [-0.25, -0.2) is 0 Å². The van der Waals surface area contributed by atoms with Crippen molar-refractivity contribution in [1.82, 2.24) is 0 Å². The maximum Gasteiger partial charge on any atom is 0.101 e. The topological polar surface area (TPSA) is 33.4 Å². The van der Waals surface area contributed by atoms with E-state index in [2.05, 4.69) is 6.92 Å². The van der Waals surface area contributed by atoms with Crippen LogP contribution in [0.1, 0.15) is 62.9 Å². The minimum atomic E-state index is -0.343. The third kappa shape index (κ3) is 4.52. The molecule has 1 unspecified atom stereocenters. The molecule has 1 atom stereocenters. The van der Waals surface area contributed by atoms with Crippen LogP contribution in [0, 0.1) is 6.92 Å². The summed E-state index contributed by atoms with van der Waals surface area (Å²) in [5.74, 6) is 0.870. The van der Waals surface area contributed by atoms with E-state index in [0.717, 1.165) is 24.2 Å². The van der Waals surface area contributed by atoms with Crippen molar-refractivity contribution >= 4 is 0 Å². The number of unbranched alkanes of at least 4 members (excludes halogenated alkanes) is 4. The summed E-state index contributed by atoms with van der Waals surface area (Å²) in [5.41, 5.74) is 0.919. The van der Waals surface area contributed by atoms with Gasteiger partial charge in [0.05, 0.1) is 12.4 Å². The van der Waals surface area contributed by atoms with Crippen molar-refractivity contribution in [1.29, 1.82) is 0 Å². The third-order valence-corrected chi connectivity index (χ3v) is 2.72. The second kappa shape index (κ2) is 6.67. The van der Waals surface area contributed by atoms with Crippen LogP contribution in [0.25, 0.3) is 0 Å². The Hall–Kier alpha value is -0.760. The third-order valence-electron chi connectivity index (χ3n) is 2.72. The Kier molecular flexibility index (Phi) is 5.48. The summed E-state index contributed by atoms with van der Waals surface area (Å²) in [5, 5.41) is 9.83. The van der Waals surface area contributed by atoms with Crippen molar-refractivity contribution in [3.05, 3.63) is 23.7 Å². The molecule has 0 saturated carbocycles. The summed E-state index contributed by atoms with van der Waals surface area (Å²) in [6.07, 6.45) is 8.35. The Morgan fingerprint density at radius 1 is 1.27 bits per heavy atom. The predicted molar refractivity (Wildman–Crippen MR) is 61.8 cm³/mol. The van der Waals surface area contributed by atoms with Gasteiger partial charge in [0.25, 0.3) is 0 Å². The van der Waals surface area contributed by atoms with Crippen LogP contribution in [0.3, 0.4) is 0 Å². The highest BCUT2D eigenvalue weighted by molar-refractivity contribution is 5.14. The summed E-state index contributed by atoms with van der Waals surface area (Å²) in [6, 6.07) is 1.91.